The largest absolute Gasteiger partial charge is 0.287 e. The van der Waals surface area contributed by atoms with Gasteiger partial charge < -0.3 is 0 Å². The highest BCUT2D eigenvalue weighted by atomic mass is 32.2. The van der Waals surface area contributed by atoms with Crippen molar-refractivity contribution in [1.29, 1.82) is 0 Å². The molecule has 0 bridgehead atoms. The number of nitrogens with zero attached hydrogens (tertiary/aromatic N) is 6. The number of thiophene rings is 1. The molecule has 3 heterocycles. The van der Waals surface area contributed by atoms with Crippen LogP contribution in [0.25, 0.3) is 10.2 Å². The van der Waals surface area contributed by atoms with Gasteiger partial charge in [0.2, 0.25) is 0 Å². The fourth-order valence-corrected chi connectivity index (χ4v) is 6.05. The zero-order valence-electron chi connectivity index (χ0n) is 15.9. The van der Waals surface area contributed by atoms with E-state index >= 15 is 0 Å². The highest BCUT2D eigenvalue weighted by molar-refractivity contribution is 7.98. The smallest absolute Gasteiger partial charge is 0.263 e. The van der Waals surface area contributed by atoms with Gasteiger partial charge in [0.15, 0.2) is 11.0 Å². The van der Waals surface area contributed by atoms with Gasteiger partial charge in [0.25, 0.3) is 5.56 Å². The third-order valence-corrected chi connectivity index (χ3v) is 7.19. The monoisotopic (exact) mass is 404 g/mol. The van der Waals surface area contributed by atoms with Crippen LogP contribution < -0.4 is 5.56 Å². The molecular formula is C18H24N6OS2. The zero-order valence-corrected chi connectivity index (χ0v) is 17.6. The Bertz CT molecular complexity index is 1020. The predicted octanol–water partition coefficient (Wildman–Crippen LogP) is 3.29. The number of rotatable bonds is 6. The van der Waals surface area contributed by atoms with Gasteiger partial charge in [-0.25, -0.2) is 9.67 Å². The number of fused-ring (bicyclic) bond motifs is 3. The van der Waals surface area contributed by atoms with Gasteiger partial charge in [-0.15, -0.1) is 16.4 Å². The zero-order chi connectivity index (χ0) is 19.0. The Morgan fingerprint density at radius 3 is 2.96 bits per heavy atom. The Morgan fingerprint density at radius 2 is 2.19 bits per heavy atom. The lowest BCUT2D eigenvalue weighted by Crippen LogP contribution is -2.23. The Labute approximate surface area is 166 Å². The average molecular weight is 405 g/mol. The first kappa shape index (κ1) is 18.6. The molecule has 0 aliphatic heterocycles. The van der Waals surface area contributed by atoms with Crippen LogP contribution in [0.5, 0.6) is 0 Å². The van der Waals surface area contributed by atoms with Crippen LogP contribution in [0.2, 0.25) is 0 Å². The minimum absolute atomic E-state index is 0.102. The molecule has 1 aliphatic rings. The number of thioether (sulfide) groups is 1. The van der Waals surface area contributed by atoms with Crippen molar-refractivity contribution in [2.24, 2.45) is 5.92 Å². The fourth-order valence-electron chi connectivity index (χ4n) is 3.64. The molecule has 0 radical (unpaired) electrons. The maximum absolute atomic E-state index is 13.2. The van der Waals surface area contributed by atoms with Crippen molar-refractivity contribution in [3.05, 3.63) is 26.6 Å². The van der Waals surface area contributed by atoms with Gasteiger partial charge in [-0.2, -0.15) is 0 Å². The van der Waals surface area contributed by atoms with Crippen LogP contribution in [0.3, 0.4) is 0 Å². The van der Waals surface area contributed by atoms with Crippen LogP contribution in [-0.2, 0) is 31.7 Å². The molecule has 0 fully saturated rings. The maximum atomic E-state index is 13.2. The molecule has 144 valence electrons. The van der Waals surface area contributed by atoms with E-state index in [2.05, 4.69) is 29.4 Å². The summed E-state index contributed by atoms with van der Waals surface area (Å²) in [5, 5.41) is 13.5. The molecule has 0 amide bonds. The molecule has 27 heavy (non-hydrogen) atoms. The molecule has 1 atom stereocenters. The van der Waals surface area contributed by atoms with Gasteiger partial charge in [-0.1, -0.05) is 25.6 Å². The molecular weight excluding hydrogens is 380 g/mol. The Kier molecular flexibility index (Phi) is 5.32. The average Bonchev–Trinajstić information content (AvgIpc) is 3.23. The predicted molar refractivity (Wildman–Crippen MR) is 108 cm³/mol. The number of tetrazole rings is 1. The van der Waals surface area contributed by atoms with Gasteiger partial charge >= 0.3 is 0 Å². The van der Waals surface area contributed by atoms with Crippen molar-refractivity contribution >= 4 is 33.3 Å². The van der Waals surface area contributed by atoms with Crippen molar-refractivity contribution in [2.75, 3.05) is 0 Å². The summed E-state index contributed by atoms with van der Waals surface area (Å²) in [4.78, 5) is 20.3. The van der Waals surface area contributed by atoms with Crippen LogP contribution in [0.15, 0.2) is 9.95 Å². The van der Waals surface area contributed by atoms with Gasteiger partial charge in [0.05, 0.1) is 11.1 Å². The quantitative estimate of drug-likeness (QED) is 0.463. The van der Waals surface area contributed by atoms with Crippen molar-refractivity contribution in [1.82, 2.24) is 29.8 Å². The summed E-state index contributed by atoms with van der Waals surface area (Å²) in [6.07, 6.45) is 4.19. The van der Waals surface area contributed by atoms with E-state index in [1.165, 1.54) is 10.4 Å². The van der Waals surface area contributed by atoms with E-state index in [-0.39, 0.29) is 5.56 Å². The van der Waals surface area contributed by atoms with Gasteiger partial charge in [0.1, 0.15) is 4.83 Å². The van der Waals surface area contributed by atoms with E-state index in [0.717, 1.165) is 53.4 Å². The summed E-state index contributed by atoms with van der Waals surface area (Å²) in [7, 11) is 0. The summed E-state index contributed by atoms with van der Waals surface area (Å²) in [6.45, 7) is 7.80. The lowest BCUT2D eigenvalue weighted by molar-refractivity contribution is 0.509. The van der Waals surface area contributed by atoms with Crippen LogP contribution in [0.1, 0.15) is 49.9 Å². The molecule has 0 aromatic carbocycles. The first-order chi connectivity index (χ1) is 13.1. The Morgan fingerprint density at radius 1 is 1.33 bits per heavy atom. The Hall–Kier alpha value is -1.74. The number of hydrogen-bond donors (Lipinski definition) is 0. The molecule has 3 aromatic heterocycles. The highest BCUT2D eigenvalue weighted by Crippen LogP contribution is 2.36. The van der Waals surface area contributed by atoms with Gasteiger partial charge in [-0.3, -0.25) is 9.36 Å². The van der Waals surface area contributed by atoms with E-state index < -0.39 is 0 Å². The maximum Gasteiger partial charge on any atom is 0.263 e. The SMILES string of the molecule is CCCn1nnnc1CSc1nc2sc3c(c2c(=O)n1CC)CCC(C)C3. The number of hydrogen-bond acceptors (Lipinski definition) is 7. The molecule has 0 spiro atoms. The summed E-state index contributed by atoms with van der Waals surface area (Å²) in [5.41, 5.74) is 1.35. The second-order valence-corrected chi connectivity index (χ2v) is 9.11. The second kappa shape index (κ2) is 7.71. The molecule has 1 aliphatic carbocycles. The van der Waals surface area contributed by atoms with Crippen LogP contribution >= 0.6 is 23.1 Å². The highest BCUT2D eigenvalue weighted by Gasteiger charge is 2.24. The molecule has 0 N–H and O–H groups in total. The standard InChI is InChI=1S/C18H24N6OS2/c1-4-8-24-14(20-21-22-24)10-26-18-19-16-15(17(25)23(18)5-2)12-7-6-11(3)9-13(12)27-16/h11H,4-10H2,1-3H3. The molecule has 0 saturated heterocycles. The van der Waals surface area contributed by atoms with E-state index in [0.29, 0.717) is 18.2 Å². The summed E-state index contributed by atoms with van der Waals surface area (Å²) in [6, 6.07) is 0. The lowest BCUT2D eigenvalue weighted by Gasteiger charge is -2.17. The molecule has 0 saturated carbocycles. The van der Waals surface area contributed by atoms with E-state index in [1.54, 1.807) is 27.7 Å². The van der Waals surface area contributed by atoms with Crippen molar-refractivity contribution in [3.63, 3.8) is 0 Å². The van der Waals surface area contributed by atoms with Crippen molar-refractivity contribution < 1.29 is 0 Å². The molecule has 1 unspecified atom stereocenters. The first-order valence-corrected chi connectivity index (χ1v) is 11.4. The number of aromatic nitrogens is 6. The molecule has 3 aromatic rings. The summed E-state index contributed by atoms with van der Waals surface area (Å²) < 4.78 is 3.62. The topological polar surface area (TPSA) is 78.5 Å². The number of aryl methyl sites for hydroxylation is 2. The lowest BCUT2D eigenvalue weighted by atomic mass is 9.89. The molecule has 9 heteroatoms. The minimum atomic E-state index is 0.102. The van der Waals surface area contributed by atoms with Crippen molar-refractivity contribution in [2.45, 2.75) is 70.5 Å². The molecule has 7 nitrogen and oxygen atoms in total. The summed E-state index contributed by atoms with van der Waals surface area (Å²) >= 11 is 3.24. The second-order valence-electron chi connectivity index (χ2n) is 7.08. The van der Waals surface area contributed by atoms with Crippen molar-refractivity contribution in [3.8, 4) is 0 Å². The summed E-state index contributed by atoms with van der Waals surface area (Å²) in [5.74, 6) is 2.11. The van der Waals surface area contributed by atoms with E-state index in [1.807, 2.05) is 11.6 Å². The third kappa shape index (κ3) is 3.42. The van der Waals surface area contributed by atoms with Crippen LogP contribution in [0.4, 0.5) is 0 Å². The first-order valence-electron chi connectivity index (χ1n) is 9.55. The van der Waals surface area contributed by atoms with Gasteiger partial charge in [-0.05, 0) is 54.5 Å². The minimum Gasteiger partial charge on any atom is -0.287 e. The van der Waals surface area contributed by atoms with E-state index in [4.69, 9.17) is 4.98 Å². The third-order valence-electron chi connectivity index (χ3n) is 5.07. The Balaban J connectivity index is 1.70. The molecule has 4 rings (SSSR count). The van der Waals surface area contributed by atoms with Gasteiger partial charge in [0, 0.05) is 18.0 Å². The van der Waals surface area contributed by atoms with Crippen LogP contribution in [-0.4, -0.2) is 29.8 Å². The van der Waals surface area contributed by atoms with E-state index in [9.17, 15) is 4.79 Å². The van der Waals surface area contributed by atoms with Crippen LogP contribution in [0, 0.1) is 5.92 Å². The fraction of sp³-hybridized carbons (Fsp3) is 0.611. The normalized spacial score (nSPS) is 16.8.